The number of hydrogen-bond acceptors (Lipinski definition) is 5. The number of amides is 1. The molecule has 1 aromatic carbocycles. The Morgan fingerprint density at radius 3 is 2.67 bits per heavy atom. The van der Waals surface area contributed by atoms with Crippen molar-refractivity contribution in [2.24, 2.45) is 0 Å². The summed E-state index contributed by atoms with van der Waals surface area (Å²) in [4.78, 5) is 18.5. The van der Waals surface area contributed by atoms with E-state index in [2.05, 4.69) is 4.98 Å². The van der Waals surface area contributed by atoms with Crippen LogP contribution < -0.4 is 4.74 Å². The van der Waals surface area contributed by atoms with Crippen molar-refractivity contribution in [3.8, 4) is 5.75 Å². The molecule has 4 rings (SSSR count). The van der Waals surface area contributed by atoms with Gasteiger partial charge in [0.05, 0.1) is 32.9 Å². The van der Waals surface area contributed by atoms with E-state index >= 15 is 0 Å². The minimum absolute atomic E-state index is 0.0340. The van der Waals surface area contributed by atoms with E-state index < -0.39 is 0 Å². The van der Waals surface area contributed by atoms with Gasteiger partial charge in [0.25, 0.3) is 5.91 Å². The molecule has 2 saturated heterocycles. The van der Waals surface area contributed by atoms with Crippen molar-refractivity contribution in [3.63, 3.8) is 0 Å². The van der Waals surface area contributed by atoms with Crippen LogP contribution in [0.2, 0.25) is 0 Å². The minimum Gasteiger partial charge on any atom is -0.497 e. The number of methoxy groups -OCH3 is 1. The molecule has 0 unspecified atom stereocenters. The summed E-state index contributed by atoms with van der Waals surface area (Å²) >= 11 is 0. The summed E-state index contributed by atoms with van der Waals surface area (Å²) in [5.74, 6) is 0.781. The van der Waals surface area contributed by atoms with Crippen molar-refractivity contribution in [1.29, 1.82) is 0 Å². The van der Waals surface area contributed by atoms with Gasteiger partial charge in [0.15, 0.2) is 0 Å². The molecule has 1 spiro atoms. The second-order valence-corrected chi connectivity index (χ2v) is 7.20. The molecule has 2 fully saturated rings. The molecule has 2 aliphatic heterocycles. The lowest BCUT2D eigenvalue weighted by molar-refractivity contribution is -0.188. The molecule has 0 N–H and O–H groups in total. The lowest BCUT2D eigenvalue weighted by Crippen LogP contribution is -2.67. The molecule has 3 heterocycles. The first-order valence-corrected chi connectivity index (χ1v) is 9.25. The zero-order valence-corrected chi connectivity index (χ0v) is 15.5. The van der Waals surface area contributed by atoms with Crippen molar-refractivity contribution < 1.29 is 19.0 Å². The molecule has 2 aliphatic rings. The van der Waals surface area contributed by atoms with Crippen molar-refractivity contribution in [2.45, 2.75) is 31.2 Å². The maximum absolute atomic E-state index is 12.6. The Kier molecular flexibility index (Phi) is 5.09. The molecule has 6 nitrogen and oxygen atoms in total. The number of carbonyl (C=O) groups excluding carboxylic acids is 1. The second kappa shape index (κ2) is 7.66. The lowest BCUT2D eigenvalue weighted by atomic mass is 9.84. The SMILES string of the molecule is COc1ccc(C(=O)N2CC3(C[C@@H](OCc4ccncc4)CCO3)C2)cc1. The minimum atomic E-state index is -0.261. The van der Waals surface area contributed by atoms with Crippen molar-refractivity contribution in [3.05, 3.63) is 59.9 Å². The highest BCUT2D eigenvalue weighted by Gasteiger charge is 2.49. The van der Waals surface area contributed by atoms with Gasteiger partial charge in [0, 0.05) is 31.0 Å². The maximum atomic E-state index is 12.6. The first kappa shape index (κ1) is 17.9. The number of benzene rings is 1. The maximum Gasteiger partial charge on any atom is 0.254 e. The quantitative estimate of drug-likeness (QED) is 0.812. The molecule has 0 saturated carbocycles. The summed E-state index contributed by atoms with van der Waals surface area (Å²) in [7, 11) is 1.61. The van der Waals surface area contributed by atoms with E-state index in [0.29, 0.717) is 31.9 Å². The third kappa shape index (κ3) is 3.96. The Morgan fingerprint density at radius 1 is 1.22 bits per heavy atom. The molecular formula is C21H24N2O4. The fourth-order valence-electron chi connectivity index (χ4n) is 3.75. The van der Waals surface area contributed by atoms with Gasteiger partial charge in [0.1, 0.15) is 11.4 Å². The molecular weight excluding hydrogens is 344 g/mol. The number of rotatable bonds is 5. The number of hydrogen-bond donors (Lipinski definition) is 0. The molecule has 142 valence electrons. The molecule has 6 heteroatoms. The molecule has 0 aliphatic carbocycles. The Balaban J connectivity index is 1.30. The van der Waals surface area contributed by atoms with Crippen molar-refractivity contribution in [1.82, 2.24) is 9.88 Å². The molecule has 2 aromatic rings. The van der Waals surface area contributed by atoms with Gasteiger partial charge < -0.3 is 19.1 Å². The molecule has 27 heavy (non-hydrogen) atoms. The highest BCUT2D eigenvalue weighted by Crippen LogP contribution is 2.36. The number of nitrogens with zero attached hydrogens (tertiary/aromatic N) is 2. The Hall–Kier alpha value is -2.44. The fourth-order valence-corrected chi connectivity index (χ4v) is 3.75. The third-order valence-corrected chi connectivity index (χ3v) is 5.27. The number of ether oxygens (including phenoxy) is 3. The molecule has 1 aromatic heterocycles. The zero-order chi connectivity index (χ0) is 18.7. The van der Waals surface area contributed by atoms with Gasteiger partial charge >= 0.3 is 0 Å². The predicted octanol–water partition coefficient (Wildman–Crippen LogP) is 2.68. The van der Waals surface area contributed by atoms with Gasteiger partial charge in [0.2, 0.25) is 0 Å². The van der Waals surface area contributed by atoms with Crippen LogP contribution in [0.1, 0.15) is 28.8 Å². The van der Waals surface area contributed by atoms with E-state index in [1.54, 1.807) is 31.6 Å². The Bertz CT molecular complexity index is 773. The van der Waals surface area contributed by atoms with Crippen LogP contribution in [0.3, 0.4) is 0 Å². The van der Waals surface area contributed by atoms with E-state index in [9.17, 15) is 4.79 Å². The van der Waals surface area contributed by atoms with Crippen LogP contribution in [0.25, 0.3) is 0 Å². The molecule has 1 atom stereocenters. The van der Waals surface area contributed by atoms with Gasteiger partial charge in [-0.2, -0.15) is 0 Å². The fraction of sp³-hybridized carbons (Fsp3) is 0.429. The average molecular weight is 368 g/mol. The lowest BCUT2D eigenvalue weighted by Gasteiger charge is -2.53. The third-order valence-electron chi connectivity index (χ3n) is 5.27. The summed E-state index contributed by atoms with van der Waals surface area (Å²) in [5.41, 5.74) is 1.53. The monoisotopic (exact) mass is 368 g/mol. The van der Waals surface area contributed by atoms with Crippen LogP contribution in [0.5, 0.6) is 5.75 Å². The van der Waals surface area contributed by atoms with Crippen LogP contribution in [-0.2, 0) is 16.1 Å². The first-order chi connectivity index (χ1) is 13.2. The number of aromatic nitrogens is 1. The van der Waals surface area contributed by atoms with Crippen LogP contribution in [0.4, 0.5) is 0 Å². The standard InChI is InChI=1S/C21H24N2O4/c1-25-18-4-2-17(3-5-18)20(24)23-14-21(15-23)12-19(8-11-27-21)26-13-16-6-9-22-10-7-16/h2-7,9-10,19H,8,11-15H2,1H3/t19-/m0/s1. The van der Waals surface area contributed by atoms with E-state index in [1.807, 2.05) is 29.2 Å². The summed E-state index contributed by atoms with van der Waals surface area (Å²) in [6.07, 6.45) is 5.42. The predicted molar refractivity (Wildman–Crippen MR) is 99.6 cm³/mol. The highest BCUT2D eigenvalue weighted by molar-refractivity contribution is 5.95. The van der Waals surface area contributed by atoms with Crippen molar-refractivity contribution >= 4 is 5.91 Å². The van der Waals surface area contributed by atoms with E-state index in [-0.39, 0.29) is 17.6 Å². The van der Waals surface area contributed by atoms with Gasteiger partial charge in [-0.05, 0) is 48.4 Å². The smallest absolute Gasteiger partial charge is 0.254 e. The number of pyridine rings is 1. The highest BCUT2D eigenvalue weighted by atomic mass is 16.5. The number of likely N-dealkylation sites (tertiary alicyclic amines) is 1. The molecule has 0 bridgehead atoms. The van der Waals surface area contributed by atoms with E-state index in [1.165, 1.54) is 0 Å². The van der Waals surface area contributed by atoms with Crippen LogP contribution in [0.15, 0.2) is 48.8 Å². The van der Waals surface area contributed by atoms with Gasteiger partial charge in [-0.1, -0.05) is 0 Å². The summed E-state index contributed by atoms with van der Waals surface area (Å²) in [5, 5.41) is 0. The average Bonchev–Trinajstić information content (AvgIpc) is 2.71. The molecule has 1 amide bonds. The van der Waals surface area contributed by atoms with Crippen LogP contribution in [0, 0.1) is 0 Å². The van der Waals surface area contributed by atoms with Crippen LogP contribution >= 0.6 is 0 Å². The zero-order valence-electron chi connectivity index (χ0n) is 15.5. The normalized spacial score (nSPS) is 20.9. The van der Waals surface area contributed by atoms with Crippen molar-refractivity contribution in [2.75, 3.05) is 26.8 Å². The van der Waals surface area contributed by atoms with Gasteiger partial charge in [-0.25, -0.2) is 0 Å². The topological polar surface area (TPSA) is 60.9 Å². The Morgan fingerprint density at radius 2 is 1.96 bits per heavy atom. The van der Waals surface area contributed by atoms with Gasteiger partial charge in [-0.3, -0.25) is 9.78 Å². The number of carbonyl (C=O) groups is 1. The Labute approximate surface area is 159 Å². The summed E-state index contributed by atoms with van der Waals surface area (Å²) in [6.45, 7) is 2.49. The summed E-state index contributed by atoms with van der Waals surface area (Å²) in [6, 6.07) is 11.1. The van der Waals surface area contributed by atoms with Crippen LogP contribution in [-0.4, -0.2) is 54.3 Å². The van der Waals surface area contributed by atoms with E-state index in [4.69, 9.17) is 14.2 Å². The van der Waals surface area contributed by atoms with Gasteiger partial charge in [-0.15, -0.1) is 0 Å². The first-order valence-electron chi connectivity index (χ1n) is 9.25. The summed E-state index contributed by atoms with van der Waals surface area (Å²) < 4.78 is 17.3. The second-order valence-electron chi connectivity index (χ2n) is 7.20. The molecule has 0 radical (unpaired) electrons. The van der Waals surface area contributed by atoms with E-state index in [0.717, 1.165) is 24.2 Å². The largest absolute Gasteiger partial charge is 0.497 e.